The van der Waals surface area contributed by atoms with Gasteiger partial charge in [0.15, 0.2) is 16.6 Å². The topological polar surface area (TPSA) is 68.3 Å². The third-order valence-electron chi connectivity index (χ3n) is 3.30. The molecule has 1 aliphatic rings. The van der Waals surface area contributed by atoms with Crippen molar-refractivity contribution in [2.24, 2.45) is 5.92 Å². The summed E-state index contributed by atoms with van der Waals surface area (Å²) in [6.45, 7) is 4.29. The minimum atomic E-state index is -0.527. The maximum absolute atomic E-state index is 11.8. The predicted octanol–water partition coefficient (Wildman–Crippen LogP) is 3.08. The summed E-state index contributed by atoms with van der Waals surface area (Å²) in [6.07, 6.45) is 2.40. The van der Waals surface area contributed by atoms with E-state index in [0.29, 0.717) is 15.9 Å². The van der Waals surface area contributed by atoms with Crippen molar-refractivity contribution in [2.45, 2.75) is 26.7 Å². The van der Waals surface area contributed by atoms with Crippen molar-refractivity contribution in [1.82, 2.24) is 4.98 Å². The van der Waals surface area contributed by atoms with Gasteiger partial charge in [0.1, 0.15) is 4.88 Å². The first-order valence-corrected chi connectivity index (χ1v) is 9.09. The summed E-state index contributed by atoms with van der Waals surface area (Å²) in [7, 11) is 0. The van der Waals surface area contributed by atoms with Gasteiger partial charge in [-0.2, -0.15) is 11.8 Å². The largest absolute Gasteiger partial charge is 0.461 e. The van der Waals surface area contributed by atoms with E-state index in [9.17, 15) is 9.59 Å². The number of hydrogen-bond acceptors (Lipinski definition) is 7. The van der Waals surface area contributed by atoms with Crippen molar-refractivity contribution < 1.29 is 14.3 Å². The summed E-state index contributed by atoms with van der Waals surface area (Å²) in [6, 6.07) is 0. The van der Waals surface area contributed by atoms with Gasteiger partial charge >= 0.3 is 5.97 Å². The highest BCUT2D eigenvalue weighted by atomic mass is 32.2. The van der Waals surface area contributed by atoms with E-state index in [4.69, 9.17) is 4.74 Å². The molecule has 1 aromatic rings. The van der Waals surface area contributed by atoms with Crippen LogP contribution in [0, 0.1) is 5.92 Å². The molecule has 0 unspecified atom stereocenters. The Hall–Kier alpha value is -1.08. The van der Waals surface area contributed by atoms with Gasteiger partial charge < -0.3 is 10.1 Å². The summed E-state index contributed by atoms with van der Waals surface area (Å²) >= 11 is 3.23. The number of aromatic nitrogens is 1. The normalized spacial score (nSPS) is 15.7. The van der Waals surface area contributed by atoms with E-state index < -0.39 is 5.97 Å². The number of ether oxygens (including phenoxy) is 1. The quantitative estimate of drug-likeness (QED) is 0.639. The van der Waals surface area contributed by atoms with Gasteiger partial charge in [-0.05, 0) is 37.2 Å². The van der Waals surface area contributed by atoms with E-state index in [2.05, 4.69) is 10.3 Å². The molecule has 0 radical (unpaired) electrons. The highest BCUT2D eigenvalue weighted by Crippen LogP contribution is 2.27. The molecule has 2 heterocycles. The van der Waals surface area contributed by atoms with Gasteiger partial charge in [0.25, 0.3) is 0 Å². The standard InChI is InChI=1S/C14H20N2O3S2/c1-3-19-13(18)11-12(9(2)17)21-14(16-11)15-8-10-4-6-20-7-5-10/h10H,3-8H2,1-2H3,(H,15,16). The number of hydrogen-bond donors (Lipinski definition) is 1. The van der Waals surface area contributed by atoms with Gasteiger partial charge in [0, 0.05) is 13.5 Å². The van der Waals surface area contributed by atoms with Crippen molar-refractivity contribution >= 4 is 40.0 Å². The van der Waals surface area contributed by atoms with Gasteiger partial charge in [-0.1, -0.05) is 11.3 Å². The molecule has 0 bridgehead atoms. The van der Waals surface area contributed by atoms with Crippen molar-refractivity contribution in [1.29, 1.82) is 0 Å². The smallest absolute Gasteiger partial charge is 0.358 e. The Kier molecular flexibility index (Phi) is 6.05. The summed E-state index contributed by atoms with van der Waals surface area (Å²) in [5, 5.41) is 3.89. The van der Waals surface area contributed by atoms with E-state index in [-0.39, 0.29) is 18.1 Å². The molecule has 0 aliphatic carbocycles. The maximum Gasteiger partial charge on any atom is 0.358 e. The van der Waals surface area contributed by atoms with Gasteiger partial charge in [-0.3, -0.25) is 4.79 Å². The molecule has 1 aromatic heterocycles. The molecule has 0 atom stereocenters. The highest BCUT2D eigenvalue weighted by molar-refractivity contribution is 7.99. The average molecular weight is 328 g/mol. The fourth-order valence-electron chi connectivity index (χ4n) is 2.15. The first kappa shape index (κ1) is 16.3. The number of thioether (sulfide) groups is 1. The van der Waals surface area contributed by atoms with E-state index in [1.807, 2.05) is 11.8 Å². The lowest BCUT2D eigenvalue weighted by atomic mass is 10.0. The molecule has 2 rings (SSSR count). The lowest BCUT2D eigenvalue weighted by Crippen LogP contribution is -2.19. The molecule has 1 saturated heterocycles. The number of esters is 1. The van der Waals surface area contributed by atoms with Crippen molar-refractivity contribution in [2.75, 3.05) is 30.0 Å². The molecular weight excluding hydrogens is 308 g/mol. The second-order valence-electron chi connectivity index (χ2n) is 4.91. The third-order valence-corrected chi connectivity index (χ3v) is 5.46. The Morgan fingerprint density at radius 2 is 2.10 bits per heavy atom. The number of rotatable bonds is 6. The van der Waals surface area contributed by atoms with Crippen LogP contribution < -0.4 is 5.32 Å². The molecule has 1 N–H and O–H groups in total. The van der Waals surface area contributed by atoms with Crippen LogP contribution in [-0.2, 0) is 4.74 Å². The lowest BCUT2D eigenvalue weighted by Gasteiger charge is -2.21. The van der Waals surface area contributed by atoms with Crippen LogP contribution in [0.1, 0.15) is 46.8 Å². The maximum atomic E-state index is 11.8. The molecule has 116 valence electrons. The van der Waals surface area contributed by atoms with Gasteiger partial charge in [-0.15, -0.1) is 0 Å². The molecule has 0 spiro atoms. The summed E-state index contributed by atoms with van der Waals surface area (Å²) in [4.78, 5) is 28.1. The van der Waals surface area contributed by atoms with Crippen molar-refractivity contribution in [3.63, 3.8) is 0 Å². The number of nitrogens with zero attached hydrogens (tertiary/aromatic N) is 1. The van der Waals surface area contributed by atoms with E-state index in [0.717, 1.165) is 6.54 Å². The predicted molar refractivity (Wildman–Crippen MR) is 86.6 cm³/mol. The molecule has 1 fully saturated rings. The first-order chi connectivity index (χ1) is 10.1. The summed E-state index contributed by atoms with van der Waals surface area (Å²) in [5.41, 5.74) is 0.135. The van der Waals surface area contributed by atoms with E-state index >= 15 is 0 Å². The minimum Gasteiger partial charge on any atom is -0.461 e. The van der Waals surface area contributed by atoms with Crippen molar-refractivity contribution in [3.8, 4) is 0 Å². The highest BCUT2D eigenvalue weighted by Gasteiger charge is 2.22. The van der Waals surface area contributed by atoms with Crippen LogP contribution >= 0.6 is 23.1 Å². The number of carbonyl (C=O) groups is 2. The Bertz CT molecular complexity index is 510. The molecule has 5 nitrogen and oxygen atoms in total. The second-order valence-corrected chi connectivity index (χ2v) is 7.13. The molecule has 0 aromatic carbocycles. The SMILES string of the molecule is CCOC(=O)c1nc(NCC2CCSCC2)sc1C(C)=O. The fraction of sp³-hybridized carbons (Fsp3) is 0.643. The summed E-state index contributed by atoms with van der Waals surface area (Å²) < 4.78 is 4.95. The Morgan fingerprint density at radius 3 is 2.71 bits per heavy atom. The molecule has 0 amide bonds. The number of thiazole rings is 1. The first-order valence-electron chi connectivity index (χ1n) is 7.12. The van der Waals surface area contributed by atoms with Crippen LogP contribution in [-0.4, -0.2) is 41.4 Å². The third kappa shape index (κ3) is 4.44. The average Bonchev–Trinajstić information content (AvgIpc) is 2.91. The van der Waals surface area contributed by atoms with E-state index in [1.165, 1.54) is 42.6 Å². The molecule has 0 saturated carbocycles. The van der Waals surface area contributed by atoms with Crippen molar-refractivity contribution in [3.05, 3.63) is 10.6 Å². The van der Waals surface area contributed by atoms with Gasteiger partial charge in [0.05, 0.1) is 6.61 Å². The number of anilines is 1. The monoisotopic (exact) mass is 328 g/mol. The number of nitrogens with one attached hydrogen (secondary N) is 1. The Labute approximate surface area is 132 Å². The summed E-state index contributed by atoms with van der Waals surface area (Å²) in [5.74, 6) is 2.37. The van der Waals surface area contributed by atoms with Gasteiger partial charge in [0.2, 0.25) is 0 Å². The molecule has 21 heavy (non-hydrogen) atoms. The molecule has 7 heteroatoms. The Balaban J connectivity index is 2.04. The van der Waals surface area contributed by atoms with Crippen LogP contribution in [0.4, 0.5) is 5.13 Å². The van der Waals surface area contributed by atoms with Crippen LogP contribution in [0.25, 0.3) is 0 Å². The molecular formula is C14H20N2O3S2. The number of ketones is 1. The second kappa shape index (κ2) is 7.79. The number of Topliss-reactive ketones (excluding diaryl/α,β-unsaturated/α-hetero) is 1. The number of carbonyl (C=O) groups excluding carboxylic acids is 2. The zero-order chi connectivity index (χ0) is 15.2. The molecule has 1 aliphatic heterocycles. The van der Waals surface area contributed by atoms with Crippen LogP contribution in [0.15, 0.2) is 0 Å². The zero-order valence-electron chi connectivity index (χ0n) is 12.3. The minimum absolute atomic E-state index is 0.135. The lowest BCUT2D eigenvalue weighted by molar-refractivity contribution is 0.0517. The van der Waals surface area contributed by atoms with Crippen LogP contribution in [0.2, 0.25) is 0 Å². The van der Waals surface area contributed by atoms with E-state index in [1.54, 1.807) is 6.92 Å². The van der Waals surface area contributed by atoms with Gasteiger partial charge in [-0.25, -0.2) is 9.78 Å². The zero-order valence-corrected chi connectivity index (χ0v) is 13.9. The van der Waals surface area contributed by atoms with Crippen LogP contribution in [0.5, 0.6) is 0 Å². The fourth-order valence-corrected chi connectivity index (χ4v) is 4.21. The Morgan fingerprint density at radius 1 is 1.38 bits per heavy atom. The van der Waals surface area contributed by atoms with Crippen LogP contribution in [0.3, 0.4) is 0 Å².